The van der Waals surface area contributed by atoms with E-state index in [9.17, 15) is 0 Å². The zero-order chi connectivity index (χ0) is 31.1. The van der Waals surface area contributed by atoms with Crippen molar-refractivity contribution in [2.75, 3.05) is 40.6 Å². The topological polar surface area (TPSA) is 117 Å². The fraction of sp³-hybridized carbons (Fsp3) is 0.500. The van der Waals surface area contributed by atoms with Crippen LogP contribution in [0.4, 0.5) is 0 Å². The first-order valence-electron chi connectivity index (χ1n) is 15.0. The lowest BCUT2D eigenvalue weighted by atomic mass is 10.2. The molecule has 0 amide bonds. The maximum Gasteiger partial charge on any atom is 0.179 e. The molecule has 3 heterocycles. The molecule has 12 nitrogen and oxygen atoms in total. The molecule has 0 saturated carbocycles. The van der Waals surface area contributed by atoms with E-state index in [1.807, 2.05) is 85.6 Å². The molecule has 0 saturated heterocycles. The number of hydrogen-bond acceptors (Lipinski definition) is 10. The van der Waals surface area contributed by atoms with Gasteiger partial charge in [0, 0.05) is 0 Å². The zero-order valence-corrected chi connectivity index (χ0v) is 26.3. The Labute approximate surface area is 258 Å². The number of fused-ring (bicyclic) bond motifs is 4. The molecule has 44 heavy (non-hydrogen) atoms. The lowest BCUT2D eigenvalue weighted by Crippen LogP contribution is -2.16. The molecule has 4 atom stereocenters. The fourth-order valence-corrected chi connectivity index (χ4v) is 4.93. The van der Waals surface area contributed by atoms with E-state index in [-0.39, 0.29) is 24.4 Å². The molecule has 2 aromatic carbocycles. The van der Waals surface area contributed by atoms with E-state index in [1.54, 1.807) is 14.2 Å². The third kappa shape index (κ3) is 7.81. The summed E-state index contributed by atoms with van der Waals surface area (Å²) in [5.41, 5.74) is 2.14. The highest BCUT2D eigenvalue weighted by molar-refractivity contribution is 5.28. The number of nitrogens with zero attached hydrogens (tertiary/aromatic N) is 6. The van der Waals surface area contributed by atoms with Gasteiger partial charge in [0.15, 0.2) is 23.3 Å². The van der Waals surface area contributed by atoms with Crippen LogP contribution in [-0.2, 0) is 32.0 Å². The van der Waals surface area contributed by atoms with Gasteiger partial charge in [0.1, 0.15) is 35.9 Å². The number of methoxy groups -OCH3 is 2. The van der Waals surface area contributed by atoms with Crippen molar-refractivity contribution in [3.63, 3.8) is 0 Å². The molecule has 0 aliphatic carbocycles. The smallest absolute Gasteiger partial charge is 0.179 e. The summed E-state index contributed by atoms with van der Waals surface area (Å²) in [5.74, 6) is 4.22. The van der Waals surface area contributed by atoms with Crippen LogP contribution in [0.2, 0.25) is 0 Å². The summed E-state index contributed by atoms with van der Waals surface area (Å²) in [7, 11) is 3.31. The molecule has 4 aromatic rings. The van der Waals surface area contributed by atoms with E-state index in [1.165, 1.54) is 0 Å². The van der Waals surface area contributed by atoms with Crippen molar-refractivity contribution in [3.05, 3.63) is 83.0 Å². The normalized spacial score (nSPS) is 21.8. The van der Waals surface area contributed by atoms with Crippen molar-refractivity contribution in [2.24, 2.45) is 0 Å². The summed E-state index contributed by atoms with van der Waals surface area (Å²) in [6.45, 7) is 10.3. The van der Waals surface area contributed by atoms with E-state index >= 15 is 0 Å². The number of aromatic nitrogens is 6. The Morgan fingerprint density at radius 2 is 0.909 bits per heavy atom. The van der Waals surface area contributed by atoms with Gasteiger partial charge in [0.05, 0.1) is 53.7 Å². The predicted molar refractivity (Wildman–Crippen MR) is 162 cm³/mol. The van der Waals surface area contributed by atoms with Gasteiger partial charge in [0.25, 0.3) is 0 Å². The van der Waals surface area contributed by atoms with E-state index in [0.717, 1.165) is 22.6 Å². The molecule has 5 rings (SSSR count). The van der Waals surface area contributed by atoms with Crippen LogP contribution in [-0.4, -0.2) is 70.2 Å². The summed E-state index contributed by atoms with van der Waals surface area (Å²) in [6.07, 6.45) is -1.33. The highest BCUT2D eigenvalue weighted by Crippen LogP contribution is 2.24. The van der Waals surface area contributed by atoms with Crippen LogP contribution in [0.1, 0.15) is 86.5 Å². The number of benzene rings is 2. The molecular formula is C32H42N6O6. The quantitative estimate of drug-likeness (QED) is 0.297. The highest BCUT2D eigenvalue weighted by Gasteiger charge is 2.24. The second kappa shape index (κ2) is 14.8. The van der Waals surface area contributed by atoms with Crippen LogP contribution in [0, 0.1) is 0 Å². The summed E-state index contributed by atoms with van der Waals surface area (Å²) < 4.78 is 38.9. The lowest BCUT2D eigenvalue weighted by molar-refractivity contribution is -0.0220. The van der Waals surface area contributed by atoms with Gasteiger partial charge in [0.2, 0.25) is 0 Å². The van der Waals surface area contributed by atoms with Gasteiger partial charge in [-0.1, -0.05) is 24.3 Å². The molecule has 2 aromatic heterocycles. The average molecular weight is 607 g/mol. The highest BCUT2D eigenvalue weighted by atomic mass is 16.5. The molecule has 0 fully saturated rings. The van der Waals surface area contributed by atoms with Gasteiger partial charge in [-0.25, -0.2) is 19.3 Å². The number of ether oxygens (including phenoxy) is 6. The molecule has 1 aliphatic rings. The first-order valence-corrected chi connectivity index (χ1v) is 15.0. The van der Waals surface area contributed by atoms with E-state index in [2.05, 4.69) is 0 Å². The Morgan fingerprint density at radius 1 is 0.568 bits per heavy atom. The lowest BCUT2D eigenvalue weighted by Gasteiger charge is -2.17. The van der Waals surface area contributed by atoms with Gasteiger partial charge in [-0.05, 0) is 63.1 Å². The summed E-state index contributed by atoms with van der Waals surface area (Å²) in [5, 5.41) is 9.59. The first-order chi connectivity index (χ1) is 21.3. The van der Waals surface area contributed by atoms with Gasteiger partial charge in [-0.3, -0.25) is 0 Å². The summed E-state index contributed by atoms with van der Waals surface area (Å²) in [6, 6.07) is 15.8. The van der Waals surface area contributed by atoms with E-state index in [0.29, 0.717) is 62.8 Å². The minimum Gasteiger partial charge on any atom is -0.497 e. The van der Waals surface area contributed by atoms with E-state index < -0.39 is 0 Å². The molecule has 4 bridgehead atoms. The Kier molecular flexibility index (Phi) is 10.6. The molecule has 1 aliphatic heterocycles. The molecule has 0 N–H and O–H groups in total. The summed E-state index contributed by atoms with van der Waals surface area (Å²) in [4.78, 5) is 9.67. The maximum atomic E-state index is 6.20. The molecule has 0 unspecified atom stereocenters. The Hall–Kier alpha value is -3.84. The SMILES string of the molecule is COc1ccc(Cn2nc3nc2[C@H](C)OCCO[C@@H](C)c2nc(nn2Cc2ccc(OC)cc2)[C@H](C)OCCO[C@H]3C)cc1. The van der Waals surface area contributed by atoms with Gasteiger partial charge in [-0.2, -0.15) is 10.2 Å². The van der Waals surface area contributed by atoms with Crippen molar-refractivity contribution in [1.82, 2.24) is 29.5 Å². The van der Waals surface area contributed by atoms with Crippen LogP contribution in [0.3, 0.4) is 0 Å². The fourth-order valence-electron chi connectivity index (χ4n) is 4.93. The van der Waals surface area contributed by atoms with Crippen molar-refractivity contribution >= 4 is 0 Å². The molecule has 0 radical (unpaired) electrons. The third-order valence-corrected chi connectivity index (χ3v) is 7.51. The van der Waals surface area contributed by atoms with Crippen molar-refractivity contribution in [3.8, 4) is 11.5 Å². The van der Waals surface area contributed by atoms with Crippen molar-refractivity contribution in [1.29, 1.82) is 0 Å². The molecular weight excluding hydrogens is 564 g/mol. The Morgan fingerprint density at radius 3 is 1.25 bits per heavy atom. The second-order valence-corrected chi connectivity index (χ2v) is 10.7. The molecule has 0 spiro atoms. The standard InChI is InChI=1S/C32H42N6O6/c1-21-29-33-31(37(35-29)19-25-7-11-27(39-5)12-8-25)23(3)43-17-18-44-24(4)32-34-30(22(2)42-16-15-41-21)36-38(32)20-26-9-13-28(40-6)14-10-26/h7-14,21-24H,15-20H2,1-6H3/t21-,22-,23-,24-/m0/s1. The second-order valence-electron chi connectivity index (χ2n) is 10.7. The van der Waals surface area contributed by atoms with Crippen LogP contribution < -0.4 is 9.47 Å². The monoisotopic (exact) mass is 606 g/mol. The van der Waals surface area contributed by atoms with Crippen LogP contribution >= 0.6 is 0 Å². The van der Waals surface area contributed by atoms with Gasteiger partial charge >= 0.3 is 0 Å². The minimum atomic E-state index is -0.339. The first kappa shape index (κ1) is 31.6. The third-order valence-electron chi connectivity index (χ3n) is 7.51. The Bertz CT molecular complexity index is 1360. The van der Waals surface area contributed by atoms with E-state index in [4.69, 9.17) is 48.6 Å². The average Bonchev–Trinajstić information content (AvgIpc) is 3.66. The minimum absolute atomic E-state index is 0.325. The van der Waals surface area contributed by atoms with Crippen molar-refractivity contribution in [2.45, 2.75) is 65.2 Å². The number of rotatable bonds is 6. The Balaban J connectivity index is 1.33. The largest absolute Gasteiger partial charge is 0.497 e. The maximum absolute atomic E-state index is 6.20. The van der Waals surface area contributed by atoms with Gasteiger partial charge < -0.3 is 28.4 Å². The zero-order valence-electron chi connectivity index (χ0n) is 26.3. The predicted octanol–water partition coefficient (Wildman–Crippen LogP) is 5.01. The van der Waals surface area contributed by atoms with Crippen molar-refractivity contribution < 1.29 is 28.4 Å². The summed E-state index contributed by atoms with van der Waals surface area (Å²) >= 11 is 0. The molecule has 236 valence electrons. The number of hydrogen-bond donors (Lipinski definition) is 0. The molecule has 12 heteroatoms. The van der Waals surface area contributed by atoms with Gasteiger partial charge in [-0.15, -0.1) is 0 Å². The van der Waals surface area contributed by atoms with Crippen LogP contribution in [0.5, 0.6) is 11.5 Å². The van der Waals surface area contributed by atoms with Crippen LogP contribution in [0.25, 0.3) is 0 Å². The van der Waals surface area contributed by atoms with Crippen LogP contribution in [0.15, 0.2) is 48.5 Å².